The van der Waals surface area contributed by atoms with Gasteiger partial charge in [0, 0.05) is 24.7 Å². The smallest absolute Gasteiger partial charge is 0.409 e. The van der Waals surface area contributed by atoms with Crippen LogP contribution in [0.25, 0.3) is 0 Å². The second-order valence-corrected chi connectivity index (χ2v) is 5.48. The summed E-state index contributed by atoms with van der Waals surface area (Å²) in [5, 5.41) is 16.1. The highest BCUT2D eigenvalue weighted by molar-refractivity contribution is 6.32. The Morgan fingerprint density at radius 3 is 2.45 bits per heavy atom. The van der Waals surface area contributed by atoms with Gasteiger partial charge in [-0.25, -0.2) is 4.79 Å². The van der Waals surface area contributed by atoms with Crippen LogP contribution in [0.2, 0.25) is 5.02 Å². The number of nitrogens with one attached hydrogen (secondary N) is 2. The lowest BCUT2D eigenvalue weighted by atomic mass is 10.1. The van der Waals surface area contributed by atoms with E-state index in [-0.39, 0.29) is 22.1 Å². The topological polar surface area (TPSA) is 93.5 Å². The van der Waals surface area contributed by atoms with Gasteiger partial charge in [-0.1, -0.05) is 11.6 Å². The molecule has 8 heteroatoms. The molecule has 1 rings (SSSR count). The Hall–Kier alpha value is -2.02. The van der Waals surface area contributed by atoms with Crippen LogP contribution in [0.5, 0.6) is 5.75 Å². The van der Waals surface area contributed by atoms with Crippen LogP contribution in [0.1, 0.15) is 20.8 Å². The maximum atomic E-state index is 11.7. The van der Waals surface area contributed by atoms with E-state index in [1.54, 1.807) is 20.8 Å². The van der Waals surface area contributed by atoms with E-state index < -0.39 is 16.6 Å². The van der Waals surface area contributed by atoms with Gasteiger partial charge in [0.25, 0.3) is 5.69 Å². The van der Waals surface area contributed by atoms with E-state index >= 15 is 0 Å². The first-order chi connectivity index (χ1) is 9.14. The van der Waals surface area contributed by atoms with Crippen LogP contribution < -0.4 is 15.4 Å². The van der Waals surface area contributed by atoms with Crippen molar-refractivity contribution in [2.45, 2.75) is 26.3 Å². The largest absolute Gasteiger partial charge is 0.413 e. The summed E-state index contributed by atoms with van der Waals surface area (Å²) >= 11 is 5.88. The Bertz CT molecular complexity index is 540. The van der Waals surface area contributed by atoms with Crippen LogP contribution >= 0.6 is 11.6 Å². The number of nitrogens with zero attached hydrogens (tertiary/aromatic N) is 1. The molecule has 7 nitrogen and oxygen atoms in total. The van der Waals surface area contributed by atoms with Crippen molar-refractivity contribution in [3.63, 3.8) is 0 Å². The van der Waals surface area contributed by atoms with Crippen molar-refractivity contribution in [3.05, 3.63) is 27.3 Å². The lowest BCUT2D eigenvalue weighted by Crippen LogP contribution is -2.42. The Morgan fingerprint density at radius 1 is 1.40 bits per heavy atom. The van der Waals surface area contributed by atoms with Gasteiger partial charge in [0.1, 0.15) is 5.69 Å². The molecule has 0 heterocycles. The molecule has 110 valence electrons. The fraction of sp³-hybridized carbons (Fsp3) is 0.417. The molecule has 1 amide bonds. The van der Waals surface area contributed by atoms with Gasteiger partial charge in [-0.15, -0.1) is 0 Å². The number of ether oxygens (including phenoxy) is 1. The highest BCUT2D eigenvalue weighted by atomic mass is 35.5. The van der Waals surface area contributed by atoms with E-state index in [0.717, 1.165) is 6.07 Å². The number of rotatable bonds is 3. The maximum absolute atomic E-state index is 11.7. The molecule has 20 heavy (non-hydrogen) atoms. The van der Waals surface area contributed by atoms with E-state index in [4.69, 9.17) is 16.3 Å². The van der Waals surface area contributed by atoms with Gasteiger partial charge in [0.15, 0.2) is 5.75 Å². The molecule has 0 aliphatic carbocycles. The molecule has 0 bridgehead atoms. The van der Waals surface area contributed by atoms with Gasteiger partial charge in [0.2, 0.25) is 0 Å². The zero-order valence-electron chi connectivity index (χ0n) is 11.6. The van der Waals surface area contributed by atoms with Crippen molar-refractivity contribution >= 4 is 29.1 Å². The normalized spacial score (nSPS) is 10.8. The summed E-state index contributed by atoms with van der Waals surface area (Å²) in [6.07, 6.45) is -0.685. The van der Waals surface area contributed by atoms with Crippen molar-refractivity contribution in [1.82, 2.24) is 5.32 Å². The Labute approximate surface area is 121 Å². The van der Waals surface area contributed by atoms with Crippen LogP contribution in [0.15, 0.2) is 12.1 Å². The Kier molecular flexibility index (Phi) is 4.78. The fourth-order valence-corrected chi connectivity index (χ4v) is 1.60. The number of halogens is 1. The SMILES string of the molecule is CNc1cc(OC(=O)NC(C)(C)C)c(Cl)cc1[N+](=O)[O-]. The highest BCUT2D eigenvalue weighted by Crippen LogP contribution is 2.35. The minimum atomic E-state index is -0.685. The van der Waals surface area contributed by atoms with Gasteiger partial charge < -0.3 is 15.4 Å². The molecule has 0 aliphatic heterocycles. The third-order valence-corrected chi connectivity index (χ3v) is 2.49. The number of benzene rings is 1. The number of hydrogen-bond donors (Lipinski definition) is 2. The van der Waals surface area contributed by atoms with Crippen molar-refractivity contribution in [2.24, 2.45) is 0 Å². The molecular formula is C12H16ClN3O4. The summed E-state index contributed by atoms with van der Waals surface area (Å²) in [5.74, 6) is 0.0448. The summed E-state index contributed by atoms with van der Waals surface area (Å²) in [4.78, 5) is 21.9. The standard InChI is InChI=1S/C12H16ClN3O4/c1-12(2,3)15-11(17)20-10-6-8(14-4)9(16(18)19)5-7(10)13/h5-6,14H,1-4H3,(H,15,17). The minimum Gasteiger partial charge on any atom is -0.409 e. The van der Waals surface area contributed by atoms with Crippen LogP contribution in [-0.2, 0) is 0 Å². The first-order valence-electron chi connectivity index (χ1n) is 5.79. The van der Waals surface area contributed by atoms with Crippen LogP contribution in [-0.4, -0.2) is 23.6 Å². The summed E-state index contributed by atoms with van der Waals surface area (Å²) < 4.78 is 5.05. The van der Waals surface area contributed by atoms with E-state index in [9.17, 15) is 14.9 Å². The number of carbonyl (C=O) groups excluding carboxylic acids is 1. The highest BCUT2D eigenvalue weighted by Gasteiger charge is 2.21. The fourth-order valence-electron chi connectivity index (χ4n) is 1.40. The molecule has 0 fully saturated rings. The van der Waals surface area contributed by atoms with E-state index in [1.807, 2.05) is 0 Å². The number of amides is 1. The molecule has 1 aromatic rings. The predicted octanol–water partition coefficient (Wildman–Crippen LogP) is 3.18. The zero-order valence-corrected chi connectivity index (χ0v) is 12.4. The van der Waals surface area contributed by atoms with Gasteiger partial charge >= 0.3 is 6.09 Å². The number of anilines is 1. The average molecular weight is 302 g/mol. The molecule has 0 saturated heterocycles. The molecule has 0 radical (unpaired) electrons. The number of nitro groups is 1. The minimum absolute atomic E-state index is 0.0141. The van der Waals surface area contributed by atoms with Gasteiger partial charge in [0.05, 0.1) is 9.95 Å². The molecule has 0 aromatic heterocycles. The molecule has 0 spiro atoms. The number of nitro benzene ring substituents is 1. The van der Waals surface area contributed by atoms with Gasteiger partial charge in [-0.05, 0) is 20.8 Å². The van der Waals surface area contributed by atoms with E-state index in [1.165, 1.54) is 13.1 Å². The Balaban J connectivity index is 3.02. The lowest BCUT2D eigenvalue weighted by Gasteiger charge is -2.20. The summed E-state index contributed by atoms with van der Waals surface area (Å²) in [6.45, 7) is 5.39. The van der Waals surface area contributed by atoms with E-state index in [0.29, 0.717) is 0 Å². The average Bonchev–Trinajstić information content (AvgIpc) is 2.28. The van der Waals surface area contributed by atoms with Crippen molar-refractivity contribution in [1.29, 1.82) is 0 Å². The van der Waals surface area contributed by atoms with Crippen molar-refractivity contribution in [2.75, 3.05) is 12.4 Å². The monoisotopic (exact) mass is 301 g/mol. The van der Waals surface area contributed by atoms with Crippen molar-refractivity contribution in [3.8, 4) is 5.75 Å². The molecule has 0 atom stereocenters. The zero-order chi connectivity index (χ0) is 15.5. The molecule has 0 unspecified atom stereocenters. The van der Waals surface area contributed by atoms with Gasteiger partial charge in [-0.3, -0.25) is 10.1 Å². The third kappa shape index (κ3) is 4.27. The third-order valence-electron chi connectivity index (χ3n) is 2.20. The second kappa shape index (κ2) is 5.96. The lowest BCUT2D eigenvalue weighted by molar-refractivity contribution is -0.383. The maximum Gasteiger partial charge on any atom is 0.413 e. The quantitative estimate of drug-likeness (QED) is 0.660. The van der Waals surface area contributed by atoms with Gasteiger partial charge in [-0.2, -0.15) is 0 Å². The number of carbonyl (C=O) groups is 1. The first kappa shape index (κ1) is 16.0. The first-order valence-corrected chi connectivity index (χ1v) is 6.17. The molecule has 0 saturated carbocycles. The van der Waals surface area contributed by atoms with Crippen LogP contribution in [0, 0.1) is 10.1 Å². The van der Waals surface area contributed by atoms with Crippen LogP contribution in [0.3, 0.4) is 0 Å². The molecular weight excluding hydrogens is 286 g/mol. The second-order valence-electron chi connectivity index (χ2n) is 5.07. The number of hydrogen-bond acceptors (Lipinski definition) is 5. The molecule has 0 aliphatic rings. The predicted molar refractivity (Wildman–Crippen MR) is 76.6 cm³/mol. The summed E-state index contributed by atoms with van der Waals surface area (Å²) in [7, 11) is 1.52. The molecule has 2 N–H and O–H groups in total. The summed E-state index contributed by atoms with van der Waals surface area (Å²) in [5.41, 5.74) is -0.449. The summed E-state index contributed by atoms with van der Waals surface area (Å²) in [6, 6.07) is 2.44. The van der Waals surface area contributed by atoms with Crippen LogP contribution in [0.4, 0.5) is 16.2 Å². The van der Waals surface area contributed by atoms with E-state index in [2.05, 4.69) is 10.6 Å². The van der Waals surface area contributed by atoms with Crippen molar-refractivity contribution < 1.29 is 14.5 Å². The Morgan fingerprint density at radius 2 is 2.00 bits per heavy atom. The molecule has 1 aromatic carbocycles.